The van der Waals surface area contributed by atoms with Crippen molar-refractivity contribution < 1.29 is 14.7 Å². The summed E-state index contributed by atoms with van der Waals surface area (Å²) >= 11 is 0. The van der Waals surface area contributed by atoms with E-state index in [9.17, 15) is 14.7 Å². The second-order valence-corrected chi connectivity index (χ2v) is 4.64. The fourth-order valence-electron chi connectivity index (χ4n) is 2.45. The summed E-state index contributed by atoms with van der Waals surface area (Å²) in [5, 5.41) is 11.8. The van der Waals surface area contributed by atoms with Gasteiger partial charge in [0.15, 0.2) is 0 Å². The molecule has 1 amide bonds. The largest absolute Gasteiger partial charge is 0.481 e. The lowest BCUT2D eigenvalue weighted by Crippen LogP contribution is -2.33. The number of hydrogen-bond donors (Lipinski definition) is 2. The molecule has 1 rings (SSSR count). The van der Waals surface area contributed by atoms with E-state index in [1.807, 2.05) is 0 Å². The highest BCUT2D eigenvalue weighted by atomic mass is 16.4. The third kappa shape index (κ3) is 4.59. The van der Waals surface area contributed by atoms with Crippen LogP contribution in [0.5, 0.6) is 0 Å². The van der Waals surface area contributed by atoms with Crippen molar-refractivity contribution in [2.75, 3.05) is 6.54 Å². The van der Waals surface area contributed by atoms with Crippen LogP contribution in [0, 0.1) is 11.8 Å². The number of carboxylic acids is 1. The number of hydrogen-bond acceptors (Lipinski definition) is 2. The van der Waals surface area contributed by atoms with E-state index in [0.717, 1.165) is 25.7 Å². The van der Waals surface area contributed by atoms with Gasteiger partial charge >= 0.3 is 5.97 Å². The molecule has 96 valence electrons. The molecule has 1 aliphatic carbocycles. The van der Waals surface area contributed by atoms with Crippen LogP contribution in [-0.2, 0) is 9.59 Å². The van der Waals surface area contributed by atoms with Gasteiger partial charge in [-0.25, -0.2) is 0 Å². The van der Waals surface area contributed by atoms with Gasteiger partial charge < -0.3 is 10.4 Å². The van der Waals surface area contributed by atoms with Gasteiger partial charge in [-0.15, -0.1) is 6.58 Å². The minimum absolute atomic E-state index is 0.0911. The Balaban J connectivity index is 2.50. The quantitative estimate of drug-likeness (QED) is 0.696. The summed E-state index contributed by atoms with van der Waals surface area (Å²) in [6, 6.07) is 0. The average Bonchev–Trinajstić information content (AvgIpc) is 2.34. The third-order valence-electron chi connectivity index (χ3n) is 3.38. The second-order valence-electron chi connectivity index (χ2n) is 4.64. The van der Waals surface area contributed by atoms with Crippen molar-refractivity contribution in [3.05, 3.63) is 12.7 Å². The zero-order valence-electron chi connectivity index (χ0n) is 10.2. The van der Waals surface area contributed by atoms with E-state index >= 15 is 0 Å². The molecule has 1 atom stereocenters. The molecule has 0 aromatic rings. The normalized spacial score (nSPS) is 18.4. The van der Waals surface area contributed by atoms with Crippen LogP contribution in [0.2, 0.25) is 0 Å². The molecular weight excluding hydrogens is 218 g/mol. The number of carboxylic acid groups (broad SMARTS) is 1. The highest BCUT2D eigenvalue weighted by Crippen LogP contribution is 2.31. The first-order valence-corrected chi connectivity index (χ1v) is 6.25. The average molecular weight is 239 g/mol. The molecule has 4 nitrogen and oxygen atoms in total. The molecule has 0 aliphatic heterocycles. The molecule has 0 heterocycles. The first kappa shape index (κ1) is 13.7. The topological polar surface area (TPSA) is 66.4 Å². The number of rotatable bonds is 6. The van der Waals surface area contributed by atoms with Crippen molar-refractivity contribution in [3.8, 4) is 0 Å². The van der Waals surface area contributed by atoms with Crippen LogP contribution in [0.1, 0.15) is 38.5 Å². The Bertz CT molecular complexity index is 282. The summed E-state index contributed by atoms with van der Waals surface area (Å²) in [6.45, 7) is 3.90. The van der Waals surface area contributed by atoms with Crippen molar-refractivity contribution in [1.82, 2.24) is 5.32 Å². The first-order chi connectivity index (χ1) is 8.15. The van der Waals surface area contributed by atoms with Crippen molar-refractivity contribution in [3.63, 3.8) is 0 Å². The monoisotopic (exact) mass is 239 g/mol. The van der Waals surface area contributed by atoms with Gasteiger partial charge in [-0.2, -0.15) is 0 Å². The molecule has 0 aromatic heterocycles. The molecule has 0 spiro atoms. The molecule has 0 radical (unpaired) electrons. The maximum Gasteiger partial charge on any atom is 0.307 e. The Morgan fingerprint density at radius 2 is 2.00 bits per heavy atom. The van der Waals surface area contributed by atoms with Crippen LogP contribution in [-0.4, -0.2) is 23.5 Å². The van der Waals surface area contributed by atoms with E-state index < -0.39 is 11.9 Å². The predicted octanol–water partition coefficient (Wildman–Crippen LogP) is 1.96. The van der Waals surface area contributed by atoms with Crippen LogP contribution in [0.3, 0.4) is 0 Å². The smallest absolute Gasteiger partial charge is 0.307 e. The summed E-state index contributed by atoms with van der Waals surface area (Å²) in [7, 11) is 0. The van der Waals surface area contributed by atoms with Gasteiger partial charge in [-0.1, -0.05) is 25.3 Å². The number of carbonyl (C=O) groups is 2. The Hall–Kier alpha value is -1.32. The van der Waals surface area contributed by atoms with Crippen LogP contribution >= 0.6 is 0 Å². The van der Waals surface area contributed by atoms with Gasteiger partial charge in [0.05, 0.1) is 5.92 Å². The van der Waals surface area contributed by atoms with E-state index in [1.54, 1.807) is 6.08 Å². The van der Waals surface area contributed by atoms with Crippen molar-refractivity contribution in [2.45, 2.75) is 38.5 Å². The summed E-state index contributed by atoms with van der Waals surface area (Å²) in [6.07, 6.45) is 6.91. The number of aliphatic carboxylic acids is 1. The van der Waals surface area contributed by atoms with E-state index in [0.29, 0.717) is 6.54 Å². The maximum atomic E-state index is 11.5. The Morgan fingerprint density at radius 1 is 1.35 bits per heavy atom. The highest BCUT2D eigenvalue weighted by Gasteiger charge is 2.30. The summed E-state index contributed by atoms with van der Waals surface area (Å²) in [4.78, 5) is 22.7. The Kier molecular flexibility index (Phi) is 5.73. The van der Waals surface area contributed by atoms with Gasteiger partial charge in [0.1, 0.15) is 0 Å². The standard InChI is InChI=1S/C13H21NO3/c1-2-8-14-12(15)9-11(13(16)17)10-6-4-3-5-7-10/h2,10-11H,1,3-9H2,(H,14,15)(H,16,17). The van der Waals surface area contributed by atoms with Crippen LogP contribution in [0.15, 0.2) is 12.7 Å². The lowest BCUT2D eigenvalue weighted by Gasteiger charge is -2.27. The fraction of sp³-hybridized carbons (Fsp3) is 0.692. The molecule has 1 aliphatic rings. The van der Waals surface area contributed by atoms with Gasteiger partial charge in [0, 0.05) is 13.0 Å². The van der Waals surface area contributed by atoms with Gasteiger partial charge in [-0.3, -0.25) is 9.59 Å². The summed E-state index contributed by atoms with van der Waals surface area (Å²) < 4.78 is 0. The highest BCUT2D eigenvalue weighted by molar-refractivity contribution is 5.82. The van der Waals surface area contributed by atoms with Gasteiger partial charge in [-0.05, 0) is 18.8 Å². The summed E-state index contributed by atoms with van der Waals surface area (Å²) in [5.41, 5.74) is 0. The summed E-state index contributed by atoms with van der Waals surface area (Å²) in [5.74, 6) is -1.40. The van der Waals surface area contributed by atoms with E-state index in [2.05, 4.69) is 11.9 Å². The zero-order chi connectivity index (χ0) is 12.7. The maximum absolute atomic E-state index is 11.5. The molecule has 0 aromatic carbocycles. The lowest BCUT2D eigenvalue weighted by molar-refractivity contribution is -0.146. The van der Waals surface area contributed by atoms with E-state index in [1.165, 1.54) is 6.42 Å². The van der Waals surface area contributed by atoms with Crippen LogP contribution < -0.4 is 5.32 Å². The molecule has 0 bridgehead atoms. The first-order valence-electron chi connectivity index (χ1n) is 6.25. The minimum atomic E-state index is -0.842. The van der Waals surface area contributed by atoms with Crippen LogP contribution in [0.25, 0.3) is 0 Å². The van der Waals surface area contributed by atoms with Gasteiger partial charge in [0.2, 0.25) is 5.91 Å². The molecular formula is C13H21NO3. The predicted molar refractivity (Wildman–Crippen MR) is 65.5 cm³/mol. The molecule has 2 N–H and O–H groups in total. The Morgan fingerprint density at radius 3 is 2.53 bits per heavy atom. The van der Waals surface area contributed by atoms with Crippen LogP contribution in [0.4, 0.5) is 0 Å². The van der Waals surface area contributed by atoms with Crippen molar-refractivity contribution in [1.29, 1.82) is 0 Å². The lowest BCUT2D eigenvalue weighted by atomic mass is 9.78. The molecule has 0 saturated heterocycles. The molecule has 1 fully saturated rings. The minimum Gasteiger partial charge on any atom is -0.481 e. The molecule has 4 heteroatoms. The number of nitrogens with one attached hydrogen (secondary N) is 1. The molecule has 1 saturated carbocycles. The Labute approximate surface area is 102 Å². The molecule has 17 heavy (non-hydrogen) atoms. The SMILES string of the molecule is C=CCNC(=O)CC(C(=O)O)C1CCCCC1. The second kappa shape index (κ2) is 7.09. The van der Waals surface area contributed by atoms with Gasteiger partial charge in [0.25, 0.3) is 0 Å². The number of amides is 1. The van der Waals surface area contributed by atoms with Crippen molar-refractivity contribution in [2.24, 2.45) is 11.8 Å². The van der Waals surface area contributed by atoms with E-state index in [-0.39, 0.29) is 18.2 Å². The van der Waals surface area contributed by atoms with Crippen molar-refractivity contribution >= 4 is 11.9 Å². The zero-order valence-corrected chi connectivity index (χ0v) is 10.2. The molecule has 1 unspecified atom stereocenters. The fourth-order valence-corrected chi connectivity index (χ4v) is 2.45. The third-order valence-corrected chi connectivity index (χ3v) is 3.38. The number of carbonyl (C=O) groups excluding carboxylic acids is 1. The van der Waals surface area contributed by atoms with E-state index in [4.69, 9.17) is 0 Å².